The van der Waals surface area contributed by atoms with Crippen LogP contribution in [0.5, 0.6) is 0 Å². The number of alkyl halides is 3. The number of rotatable bonds is 2. The van der Waals surface area contributed by atoms with Gasteiger partial charge in [-0.2, -0.15) is 18.2 Å². The minimum atomic E-state index is -5.08. The van der Waals surface area contributed by atoms with Gasteiger partial charge in [-0.15, -0.1) is 11.3 Å². The van der Waals surface area contributed by atoms with Crippen molar-refractivity contribution in [2.75, 3.05) is 6.54 Å². The molecule has 0 aliphatic carbocycles. The molecule has 0 atom stereocenters. The first kappa shape index (κ1) is 19.9. The summed E-state index contributed by atoms with van der Waals surface area (Å²) in [4.78, 5) is 22.1. The molecule has 0 fully saturated rings. The maximum Gasteiger partial charge on any atom is 0.490 e. The maximum absolute atomic E-state index is 10.6. The average Bonchev–Trinajstić information content (AvgIpc) is 3.33. The van der Waals surface area contributed by atoms with E-state index in [0.717, 1.165) is 36.5 Å². The molecule has 0 radical (unpaired) electrons. The number of aryl methyl sites for hydroxylation is 1. The van der Waals surface area contributed by atoms with E-state index in [1.54, 1.807) is 5.51 Å². The van der Waals surface area contributed by atoms with Gasteiger partial charge in [0.2, 0.25) is 5.82 Å². The molecule has 3 aromatic heterocycles. The van der Waals surface area contributed by atoms with E-state index in [0.29, 0.717) is 11.7 Å². The quantitative estimate of drug-likeness (QED) is 0.659. The van der Waals surface area contributed by atoms with Gasteiger partial charge in [0.1, 0.15) is 5.69 Å². The van der Waals surface area contributed by atoms with Gasteiger partial charge in [-0.3, -0.25) is 4.98 Å². The Morgan fingerprint density at radius 2 is 2.11 bits per heavy atom. The van der Waals surface area contributed by atoms with Crippen molar-refractivity contribution in [1.29, 1.82) is 0 Å². The highest BCUT2D eigenvalue weighted by Crippen LogP contribution is 2.30. The molecule has 0 spiro atoms. The van der Waals surface area contributed by atoms with E-state index < -0.39 is 12.1 Å². The molecule has 8 nitrogen and oxygen atoms in total. The number of hydrogen-bond acceptors (Lipinski definition) is 8. The molecule has 0 bridgehead atoms. The Morgan fingerprint density at radius 3 is 2.75 bits per heavy atom. The molecule has 0 unspecified atom stereocenters. The van der Waals surface area contributed by atoms with Crippen LogP contribution in [0.25, 0.3) is 23.0 Å². The van der Waals surface area contributed by atoms with E-state index in [1.165, 1.54) is 22.5 Å². The molecular weight excluding hydrogens is 399 g/mol. The van der Waals surface area contributed by atoms with Crippen LogP contribution in [0, 0.1) is 6.92 Å². The van der Waals surface area contributed by atoms with Crippen LogP contribution < -0.4 is 5.32 Å². The fraction of sp³-hybridized carbons (Fsp3) is 0.312. The highest BCUT2D eigenvalue weighted by Gasteiger charge is 2.38. The Kier molecular flexibility index (Phi) is 5.70. The summed E-state index contributed by atoms with van der Waals surface area (Å²) in [5.41, 5.74) is 6.88. The van der Waals surface area contributed by atoms with Gasteiger partial charge in [0.15, 0.2) is 0 Å². The highest BCUT2D eigenvalue weighted by atomic mass is 32.1. The van der Waals surface area contributed by atoms with Crippen LogP contribution in [0.2, 0.25) is 0 Å². The monoisotopic (exact) mass is 413 g/mol. The number of carboxylic acids is 1. The zero-order chi connectivity index (χ0) is 20.3. The minimum Gasteiger partial charge on any atom is -0.475 e. The van der Waals surface area contributed by atoms with Crippen LogP contribution in [0.4, 0.5) is 13.2 Å². The van der Waals surface area contributed by atoms with Gasteiger partial charge in [0.05, 0.1) is 5.51 Å². The number of halogens is 3. The minimum absolute atomic E-state index is 0.456. The zero-order valence-electron chi connectivity index (χ0n) is 14.4. The van der Waals surface area contributed by atoms with Gasteiger partial charge < -0.3 is 14.9 Å². The Balaban J connectivity index is 0.000000279. The summed E-state index contributed by atoms with van der Waals surface area (Å²) in [7, 11) is 0. The smallest absolute Gasteiger partial charge is 0.475 e. The fourth-order valence-corrected chi connectivity index (χ4v) is 3.14. The van der Waals surface area contributed by atoms with Crippen LogP contribution in [0.1, 0.15) is 16.8 Å². The summed E-state index contributed by atoms with van der Waals surface area (Å²) >= 11 is 1.51. The molecular formula is C16H14F3N5O3S. The first-order valence-electron chi connectivity index (χ1n) is 7.98. The van der Waals surface area contributed by atoms with Gasteiger partial charge in [0, 0.05) is 29.4 Å². The molecule has 28 heavy (non-hydrogen) atoms. The molecule has 0 saturated heterocycles. The number of carbonyl (C=O) groups is 1. The van der Waals surface area contributed by atoms with Crippen molar-refractivity contribution in [3.63, 3.8) is 0 Å². The second kappa shape index (κ2) is 8.02. The lowest BCUT2D eigenvalue weighted by molar-refractivity contribution is -0.192. The summed E-state index contributed by atoms with van der Waals surface area (Å²) in [6.07, 6.45) is -2.20. The van der Waals surface area contributed by atoms with Crippen molar-refractivity contribution in [2.24, 2.45) is 0 Å². The average molecular weight is 413 g/mol. The number of nitrogens with zero attached hydrogens (tertiary/aromatic N) is 4. The number of aliphatic carboxylic acids is 1. The van der Waals surface area contributed by atoms with Crippen molar-refractivity contribution in [3.05, 3.63) is 33.9 Å². The largest absolute Gasteiger partial charge is 0.490 e. The number of nitrogens with one attached hydrogen (secondary N) is 1. The molecule has 3 aromatic rings. The van der Waals surface area contributed by atoms with Crippen molar-refractivity contribution in [3.8, 4) is 23.0 Å². The van der Waals surface area contributed by atoms with Gasteiger partial charge in [-0.1, -0.05) is 5.16 Å². The molecule has 2 N–H and O–H groups in total. The van der Waals surface area contributed by atoms with Crippen LogP contribution in [0.15, 0.2) is 21.6 Å². The predicted molar refractivity (Wildman–Crippen MR) is 92.5 cm³/mol. The van der Waals surface area contributed by atoms with E-state index in [2.05, 4.69) is 25.4 Å². The van der Waals surface area contributed by atoms with E-state index in [4.69, 9.17) is 14.4 Å². The second-order valence-electron chi connectivity index (χ2n) is 5.75. The van der Waals surface area contributed by atoms with Gasteiger partial charge >= 0.3 is 12.1 Å². The van der Waals surface area contributed by atoms with E-state index in [-0.39, 0.29) is 0 Å². The van der Waals surface area contributed by atoms with Crippen molar-refractivity contribution < 1.29 is 27.6 Å². The molecule has 4 rings (SSSR count). The molecule has 0 saturated carbocycles. The van der Waals surface area contributed by atoms with Gasteiger partial charge in [0.25, 0.3) is 5.89 Å². The lowest BCUT2D eigenvalue weighted by Gasteiger charge is -2.19. The number of thiazole rings is 1. The Bertz CT molecular complexity index is 973. The van der Waals surface area contributed by atoms with E-state index >= 15 is 0 Å². The summed E-state index contributed by atoms with van der Waals surface area (Å²) < 4.78 is 37.1. The van der Waals surface area contributed by atoms with Crippen LogP contribution in [-0.2, 0) is 17.8 Å². The van der Waals surface area contributed by atoms with Crippen LogP contribution in [0.3, 0.4) is 0 Å². The van der Waals surface area contributed by atoms with Crippen LogP contribution in [-0.4, -0.2) is 43.9 Å². The number of carboxylic acid groups (broad SMARTS) is 1. The molecule has 12 heteroatoms. The van der Waals surface area contributed by atoms with Gasteiger partial charge in [-0.25, -0.2) is 9.78 Å². The summed E-state index contributed by atoms with van der Waals surface area (Å²) in [6.45, 7) is 3.78. The topological polar surface area (TPSA) is 114 Å². The Morgan fingerprint density at radius 1 is 1.36 bits per heavy atom. The Hall–Kier alpha value is -2.86. The molecule has 1 aliphatic rings. The molecule has 0 amide bonds. The normalized spacial score (nSPS) is 13.4. The first-order chi connectivity index (χ1) is 13.3. The predicted octanol–water partition coefficient (Wildman–Crippen LogP) is 2.84. The van der Waals surface area contributed by atoms with Crippen molar-refractivity contribution in [1.82, 2.24) is 25.4 Å². The third-order valence-electron chi connectivity index (χ3n) is 3.88. The first-order valence-corrected chi connectivity index (χ1v) is 8.92. The third-order valence-corrected chi connectivity index (χ3v) is 4.46. The standard InChI is InChI=1S/C14H13N5OS.C2HF3O2/c1-8-12(10-2-3-15-4-9(10)5-16-8)13-18-14(20-19-13)11-6-21-7-17-11;3-2(4,5)1(6)7/h5-7,15H,2-4H2,1H3;(H,6,7). The van der Waals surface area contributed by atoms with Crippen molar-refractivity contribution in [2.45, 2.75) is 26.1 Å². The number of fused-ring (bicyclic) bond motifs is 1. The van der Waals surface area contributed by atoms with Gasteiger partial charge in [-0.05, 0) is 31.0 Å². The SMILES string of the molecule is Cc1ncc2c(c1-c1noc(-c3cscn3)n1)CCNC2.O=C(O)C(F)(F)F. The molecule has 4 heterocycles. The molecule has 0 aromatic carbocycles. The second-order valence-corrected chi connectivity index (χ2v) is 6.47. The highest BCUT2D eigenvalue weighted by molar-refractivity contribution is 7.07. The third kappa shape index (κ3) is 4.34. The van der Waals surface area contributed by atoms with Crippen LogP contribution >= 0.6 is 11.3 Å². The lowest BCUT2D eigenvalue weighted by Crippen LogP contribution is -2.24. The number of hydrogen-bond donors (Lipinski definition) is 2. The van der Waals surface area contributed by atoms with Crippen molar-refractivity contribution >= 4 is 17.3 Å². The number of pyridine rings is 1. The fourth-order valence-electron chi connectivity index (χ4n) is 2.61. The summed E-state index contributed by atoms with van der Waals surface area (Å²) in [5.74, 6) is -1.70. The maximum atomic E-state index is 10.6. The molecule has 148 valence electrons. The molecule has 1 aliphatic heterocycles. The lowest BCUT2D eigenvalue weighted by atomic mass is 9.95. The summed E-state index contributed by atoms with van der Waals surface area (Å²) in [5, 5.41) is 16.5. The Labute approximate surface area is 160 Å². The summed E-state index contributed by atoms with van der Waals surface area (Å²) in [6, 6.07) is 0. The van der Waals surface area contributed by atoms with E-state index in [9.17, 15) is 13.2 Å². The number of aromatic nitrogens is 4. The zero-order valence-corrected chi connectivity index (χ0v) is 15.3. The van der Waals surface area contributed by atoms with E-state index in [1.807, 2.05) is 18.5 Å².